The first-order valence-corrected chi connectivity index (χ1v) is 8.17. The highest BCUT2D eigenvalue weighted by molar-refractivity contribution is 5.47. The molecule has 1 N–H and O–H groups in total. The van der Waals surface area contributed by atoms with E-state index in [0.29, 0.717) is 17.0 Å². The highest BCUT2D eigenvalue weighted by Crippen LogP contribution is 2.40. The Morgan fingerprint density at radius 2 is 1.73 bits per heavy atom. The van der Waals surface area contributed by atoms with Gasteiger partial charge in [0, 0.05) is 22.9 Å². The first kappa shape index (κ1) is 18.0. The summed E-state index contributed by atoms with van der Waals surface area (Å²) in [4.78, 5) is 0. The Hall–Kier alpha value is -2.76. The Kier molecular flexibility index (Phi) is 4.76. The van der Waals surface area contributed by atoms with Crippen LogP contribution in [0.15, 0.2) is 60.8 Å². The molecular weight excluding hydrogens is 341 g/mol. The number of hydrogen-bond donors (Lipinski definition) is 1. The SMILES string of the molecule is CC(C)(c1ccn[nH]1)c1cc(C(F)(F)F)ccc1OCc1ccccc1. The largest absolute Gasteiger partial charge is 0.489 e. The molecule has 6 heteroatoms. The molecule has 26 heavy (non-hydrogen) atoms. The van der Waals surface area contributed by atoms with Crippen LogP contribution >= 0.6 is 0 Å². The summed E-state index contributed by atoms with van der Waals surface area (Å²) in [5, 5.41) is 6.77. The fourth-order valence-corrected chi connectivity index (χ4v) is 2.80. The molecule has 0 aliphatic carbocycles. The van der Waals surface area contributed by atoms with Gasteiger partial charge in [-0.15, -0.1) is 0 Å². The van der Waals surface area contributed by atoms with Crippen molar-refractivity contribution in [3.63, 3.8) is 0 Å². The van der Waals surface area contributed by atoms with Gasteiger partial charge in [0.1, 0.15) is 12.4 Å². The number of H-pyrrole nitrogens is 1. The van der Waals surface area contributed by atoms with E-state index in [1.165, 1.54) is 6.07 Å². The van der Waals surface area contributed by atoms with Crippen LogP contribution in [0.25, 0.3) is 0 Å². The summed E-state index contributed by atoms with van der Waals surface area (Å²) in [7, 11) is 0. The summed E-state index contributed by atoms with van der Waals surface area (Å²) in [6.45, 7) is 3.95. The van der Waals surface area contributed by atoms with Crippen molar-refractivity contribution in [3.8, 4) is 5.75 Å². The Balaban J connectivity index is 2.00. The quantitative estimate of drug-likeness (QED) is 0.667. The summed E-state index contributed by atoms with van der Waals surface area (Å²) >= 11 is 0. The molecule has 0 fully saturated rings. The number of nitrogens with one attached hydrogen (secondary N) is 1. The molecule has 3 aromatic rings. The molecule has 1 aromatic heterocycles. The van der Waals surface area contributed by atoms with Gasteiger partial charge in [-0.05, 0) is 29.8 Å². The van der Waals surface area contributed by atoms with E-state index < -0.39 is 17.2 Å². The Labute approximate surface area is 149 Å². The second-order valence-electron chi connectivity index (χ2n) is 6.58. The van der Waals surface area contributed by atoms with Gasteiger partial charge < -0.3 is 4.74 Å². The zero-order valence-corrected chi connectivity index (χ0v) is 14.5. The van der Waals surface area contributed by atoms with Crippen LogP contribution in [-0.2, 0) is 18.2 Å². The summed E-state index contributed by atoms with van der Waals surface area (Å²) in [6, 6.07) is 14.8. The number of alkyl halides is 3. The monoisotopic (exact) mass is 360 g/mol. The van der Waals surface area contributed by atoms with Crippen LogP contribution in [-0.4, -0.2) is 10.2 Å². The summed E-state index contributed by atoms with van der Waals surface area (Å²) in [6.07, 6.45) is -2.84. The number of halogens is 3. The maximum atomic E-state index is 13.2. The predicted molar refractivity (Wildman–Crippen MR) is 92.9 cm³/mol. The molecule has 0 atom stereocenters. The van der Waals surface area contributed by atoms with E-state index in [0.717, 1.165) is 17.7 Å². The van der Waals surface area contributed by atoms with Crippen LogP contribution in [0.3, 0.4) is 0 Å². The summed E-state index contributed by atoms with van der Waals surface area (Å²) in [5.41, 5.74) is 0.669. The van der Waals surface area contributed by atoms with E-state index in [1.807, 2.05) is 44.2 Å². The van der Waals surface area contributed by atoms with E-state index >= 15 is 0 Å². The average molecular weight is 360 g/mol. The number of ether oxygens (including phenoxy) is 1. The lowest BCUT2D eigenvalue weighted by atomic mass is 9.80. The fraction of sp³-hybridized carbons (Fsp3) is 0.250. The van der Waals surface area contributed by atoms with Gasteiger partial charge in [0.25, 0.3) is 0 Å². The first-order valence-electron chi connectivity index (χ1n) is 8.17. The minimum absolute atomic E-state index is 0.276. The van der Waals surface area contributed by atoms with Gasteiger partial charge in [-0.3, -0.25) is 5.10 Å². The number of aromatic amines is 1. The average Bonchev–Trinajstić information content (AvgIpc) is 3.15. The van der Waals surface area contributed by atoms with Crippen molar-refractivity contribution in [1.82, 2.24) is 10.2 Å². The third-order valence-electron chi connectivity index (χ3n) is 4.39. The molecule has 2 aromatic carbocycles. The molecule has 0 bridgehead atoms. The summed E-state index contributed by atoms with van der Waals surface area (Å²) < 4.78 is 45.5. The van der Waals surface area contributed by atoms with Crippen LogP contribution in [0.1, 0.15) is 36.2 Å². The van der Waals surface area contributed by atoms with Gasteiger partial charge in [0.15, 0.2) is 0 Å². The van der Waals surface area contributed by atoms with Crippen LogP contribution < -0.4 is 4.74 Å². The van der Waals surface area contributed by atoms with Crippen molar-refractivity contribution >= 4 is 0 Å². The van der Waals surface area contributed by atoms with E-state index in [4.69, 9.17) is 4.74 Å². The molecule has 0 aliphatic rings. The lowest BCUT2D eigenvalue weighted by molar-refractivity contribution is -0.137. The number of hydrogen-bond acceptors (Lipinski definition) is 2. The Morgan fingerprint density at radius 3 is 2.35 bits per heavy atom. The molecule has 0 aliphatic heterocycles. The molecule has 1 heterocycles. The second kappa shape index (κ2) is 6.86. The highest BCUT2D eigenvalue weighted by Gasteiger charge is 2.35. The van der Waals surface area contributed by atoms with E-state index in [9.17, 15) is 13.2 Å². The predicted octanol–water partition coefficient (Wildman–Crippen LogP) is 5.33. The van der Waals surface area contributed by atoms with E-state index in [2.05, 4.69) is 10.2 Å². The van der Waals surface area contributed by atoms with E-state index in [1.54, 1.807) is 12.3 Å². The van der Waals surface area contributed by atoms with Crippen molar-refractivity contribution in [2.24, 2.45) is 0 Å². The number of nitrogens with zero attached hydrogens (tertiary/aromatic N) is 1. The molecule has 0 amide bonds. The maximum Gasteiger partial charge on any atom is 0.416 e. The van der Waals surface area contributed by atoms with Gasteiger partial charge >= 0.3 is 6.18 Å². The lowest BCUT2D eigenvalue weighted by Gasteiger charge is -2.27. The van der Waals surface area contributed by atoms with Gasteiger partial charge in [-0.1, -0.05) is 44.2 Å². The first-order chi connectivity index (χ1) is 12.3. The Morgan fingerprint density at radius 1 is 1.00 bits per heavy atom. The molecule has 136 valence electrons. The molecule has 0 saturated carbocycles. The third-order valence-corrected chi connectivity index (χ3v) is 4.39. The Bertz CT molecular complexity index is 857. The smallest absolute Gasteiger partial charge is 0.416 e. The highest BCUT2D eigenvalue weighted by atomic mass is 19.4. The van der Waals surface area contributed by atoms with Gasteiger partial charge in [-0.25, -0.2) is 0 Å². The van der Waals surface area contributed by atoms with E-state index in [-0.39, 0.29) is 6.61 Å². The summed E-state index contributed by atoms with van der Waals surface area (Å²) in [5.74, 6) is 0.418. The van der Waals surface area contributed by atoms with Gasteiger partial charge in [0.2, 0.25) is 0 Å². The van der Waals surface area contributed by atoms with Crippen molar-refractivity contribution in [2.75, 3.05) is 0 Å². The van der Waals surface area contributed by atoms with Crippen LogP contribution in [0, 0.1) is 0 Å². The van der Waals surface area contributed by atoms with Crippen molar-refractivity contribution in [2.45, 2.75) is 32.0 Å². The number of benzene rings is 2. The molecule has 0 spiro atoms. The third kappa shape index (κ3) is 3.74. The van der Waals surface area contributed by atoms with Crippen LogP contribution in [0.4, 0.5) is 13.2 Å². The van der Waals surface area contributed by atoms with Crippen molar-refractivity contribution in [1.29, 1.82) is 0 Å². The van der Waals surface area contributed by atoms with Gasteiger partial charge in [0.05, 0.1) is 5.56 Å². The van der Waals surface area contributed by atoms with Crippen LogP contribution in [0.2, 0.25) is 0 Å². The minimum Gasteiger partial charge on any atom is -0.489 e. The molecule has 3 nitrogen and oxygen atoms in total. The fourth-order valence-electron chi connectivity index (χ4n) is 2.80. The van der Waals surface area contributed by atoms with Gasteiger partial charge in [-0.2, -0.15) is 18.3 Å². The number of aromatic nitrogens is 2. The van der Waals surface area contributed by atoms with Crippen molar-refractivity contribution in [3.05, 3.63) is 83.2 Å². The maximum absolute atomic E-state index is 13.2. The number of rotatable bonds is 5. The topological polar surface area (TPSA) is 37.9 Å². The van der Waals surface area contributed by atoms with Crippen LogP contribution in [0.5, 0.6) is 5.75 Å². The molecule has 0 saturated heterocycles. The lowest BCUT2D eigenvalue weighted by Crippen LogP contribution is -2.22. The minimum atomic E-state index is -4.42. The molecule has 0 unspecified atom stereocenters. The molecule has 0 radical (unpaired) electrons. The zero-order valence-electron chi connectivity index (χ0n) is 14.5. The second-order valence-corrected chi connectivity index (χ2v) is 6.58. The normalized spacial score (nSPS) is 12.2. The standard InChI is InChI=1S/C20H19F3N2O/c1-19(2,18-10-11-24-25-18)16-12-15(20(21,22)23)8-9-17(16)26-13-14-6-4-3-5-7-14/h3-12H,13H2,1-2H3,(H,24,25). The molecule has 3 rings (SSSR count). The van der Waals surface area contributed by atoms with Crippen molar-refractivity contribution < 1.29 is 17.9 Å². The molecular formula is C20H19F3N2O. The zero-order chi connectivity index (χ0) is 18.8.